The minimum atomic E-state index is -3.65. The third-order valence-corrected chi connectivity index (χ3v) is 6.91. The molecule has 0 unspecified atom stereocenters. The van der Waals surface area contributed by atoms with E-state index in [-0.39, 0.29) is 22.5 Å². The Hall–Kier alpha value is -3.27. The largest absolute Gasteiger partial charge is 0.494 e. The molecule has 0 aliphatic carbocycles. The standard InChI is InChI=1S/C25H27N3O4S2/c1-3-17-32-22-13-9-20(10-14-22)24(29)27-25(33)26-21-11-15-23(16-12-21)34(30,31)28(2)18-19-7-5-4-6-8-19/h4-16H,3,17-18H2,1-2H3,(H2,26,27,29,33). The second-order valence-electron chi connectivity index (χ2n) is 7.55. The first-order valence-electron chi connectivity index (χ1n) is 10.7. The third-order valence-electron chi connectivity index (χ3n) is 4.88. The number of carbonyl (C=O) groups excluding carboxylic acids is 1. The molecule has 0 saturated carbocycles. The van der Waals surface area contributed by atoms with Crippen LogP contribution in [0.25, 0.3) is 0 Å². The molecule has 0 aromatic heterocycles. The van der Waals surface area contributed by atoms with Gasteiger partial charge in [-0.15, -0.1) is 0 Å². The van der Waals surface area contributed by atoms with Crippen molar-refractivity contribution in [2.75, 3.05) is 19.0 Å². The van der Waals surface area contributed by atoms with Crippen LogP contribution in [0.4, 0.5) is 5.69 Å². The average Bonchev–Trinajstić information content (AvgIpc) is 2.84. The van der Waals surface area contributed by atoms with Gasteiger partial charge in [-0.05, 0) is 72.7 Å². The summed E-state index contributed by atoms with van der Waals surface area (Å²) in [6, 6.07) is 22.4. The van der Waals surface area contributed by atoms with Crippen LogP contribution >= 0.6 is 12.2 Å². The van der Waals surface area contributed by atoms with E-state index in [4.69, 9.17) is 17.0 Å². The number of nitrogens with one attached hydrogen (secondary N) is 2. The van der Waals surface area contributed by atoms with Crippen molar-refractivity contribution in [3.8, 4) is 5.75 Å². The van der Waals surface area contributed by atoms with Gasteiger partial charge in [0, 0.05) is 24.8 Å². The number of rotatable bonds is 9. The molecule has 0 aliphatic heterocycles. The van der Waals surface area contributed by atoms with E-state index in [2.05, 4.69) is 10.6 Å². The van der Waals surface area contributed by atoms with Crippen molar-refractivity contribution in [1.82, 2.24) is 9.62 Å². The molecule has 178 valence electrons. The molecule has 0 spiro atoms. The molecule has 2 N–H and O–H groups in total. The molecule has 7 nitrogen and oxygen atoms in total. The van der Waals surface area contributed by atoms with Gasteiger partial charge in [0.25, 0.3) is 5.91 Å². The summed E-state index contributed by atoms with van der Waals surface area (Å²) in [5.41, 5.74) is 1.89. The molecule has 3 aromatic rings. The van der Waals surface area contributed by atoms with Crippen LogP contribution in [0.1, 0.15) is 29.3 Å². The maximum Gasteiger partial charge on any atom is 0.257 e. The molecule has 1 amide bonds. The number of amides is 1. The van der Waals surface area contributed by atoms with Crippen molar-refractivity contribution in [3.05, 3.63) is 90.0 Å². The number of sulfonamides is 1. The molecule has 3 rings (SSSR count). The lowest BCUT2D eigenvalue weighted by Crippen LogP contribution is -2.34. The van der Waals surface area contributed by atoms with Crippen molar-refractivity contribution in [2.24, 2.45) is 0 Å². The summed E-state index contributed by atoms with van der Waals surface area (Å²) in [5, 5.41) is 5.61. The van der Waals surface area contributed by atoms with Gasteiger partial charge in [0.05, 0.1) is 11.5 Å². The van der Waals surface area contributed by atoms with E-state index in [1.807, 2.05) is 37.3 Å². The van der Waals surface area contributed by atoms with Gasteiger partial charge in [-0.3, -0.25) is 10.1 Å². The molecule has 9 heteroatoms. The lowest BCUT2D eigenvalue weighted by Gasteiger charge is -2.17. The lowest BCUT2D eigenvalue weighted by atomic mass is 10.2. The molecule has 0 aliphatic rings. The molecule has 0 atom stereocenters. The second-order valence-corrected chi connectivity index (χ2v) is 10.0. The molecule has 34 heavy (non-hydrogen) atoms. The van der Waals surface area contributed by atoms with Crippen LogP contribution in [0.2, 0.25) is 0 Å². The predicted octanol–water partition coefficient (Wildman–Crippen LogP) is 4.42. The van der Waals surface area contributed by atoms with Crippen molar-refractivity contribution in [1.29, 1.82) is 0 Å². The van der Waals surface area contributed by atoms with Gasteiger partial charge in [-0.1, -0.05) is 37.3 Å². The highest BCUT2D eigenvalue weighted by Gasteiger charge is 2.21. The zero-order valence-electron chi connectivity index (χ0n) is 19.0. The highest BCUT2D eigenvalue weighted by molar-refractivity contribution is 7.89. The molecule has 3 aromatic carbocycles. The van der Waals surface area contributed by atoms with Crippen molar-refractivity contribution < 1.29 is 17.9 Å². The minimum absolute atomic E-state index is 0.105. The second kappa shape index (κ2) is 11.7. The Balaban J connectivity index is 1.57. The van der Waals surface area contributed by atoms with Gasteiger partial charge in [0.2, 0.25) is 10.0 Å². The van der Waals surface area contributed by atoms with Crippen LogP contribution < -0.4 is 15.4 Å². The maximum atomic E-state index is 12.9. The van der Waals surface area contributed by atoms with Crippen LogP contribution in [0, 0.1) is 0 Å². The van der Waals surface area contributed by atoms with Crippen LogP contribution in [-0.4, -0.2) is 37.4 Å². The molecule has 0 heterocycles. The average molecular weight is 498 g/mol. The molecule has 0 bridgehead atoms. The summed E-state index contributed by atoms with van der Waals surface area (Å²) in [6.45, 7) is 2.90. The zero-order valence-corrected chi connectivity index (χ0v) is 20.7. The van der Waals surface area contributed by atoms with Crippen LogP contribution in [0.3, 0.4) is 0 Å². The van der Waals surface area contributed by atoms with Gasteiger partial charge in [-0.2, -0.15) is 4.31 Å². The fourth-order valence-corrected chi connectivity index (χ4v) is 4.45. The Kier molecular flexibility index (Phi) is 8.75. The molecule has 0 radical (unpaired) electrons. The summed E-state index contributed by atoms with van der Waals surface area (Å²) < 4.78 is 32.5. The smallest absolute Gasteiger partial charge is 0.257 e. The van der Waals surface area contributed by atoms with Gasteiger partial charge in [-0.25, -0.2) is 8.42 Å². The van der Waals surface area contributed by atoms with Gasteiger partial charge >= 0.3 is 0 Å². The fourth-order valence-electron chi connectivity index (χ4n) is 3.08. The molecule has 0 fully saturated rings. The Bertz CT molecular complexity index is 1210. The van der Waals surface area contributed by atoms with E-state index in [1.165, 1.54) is 16.4 Å². The van der Waals surface area contributed by atoms with Gasteiger partial charge in [0.1, 0.15) is 5.75 Å². The predicted molar refractivity (Wildman–Crippen MR) is 137 cm³/mol. The number of benzene rings is 3. The fraction of sp³-hybridized carbons (Fsp3) is 0.200. The van der Waals surface area contributed by atoms with Crippen LogP contribution in [0.5, 0.6) is 5.75 Å². The summed E-state index contributed by atoms with van der Waals surface area (Å²) in [7, 11) is -2.11. The van der Waals surface area contributed by atoms with E-state index in [0.29, 0.717) is 23.6 Å². The summed E-state index contributed by atoms with van der Waals surface area (Å²) in [4.78, 5) is 12.6. The minimum Gasteiger partial charge on any atom is -0.494 e. The lowest BCUT2D eigenvalue weighted by molar-refractivity contribution is 0.0977. The zero-order chi connectivity index (χ0) is 24.6. The summed E-state index contributed by atoms with van der Waals surface area (Å²) in [6.07, 6.45) is 0.902. The highest BCUT2D eigenvalue weighted by atomic mass is 32.2. The van der Waals surface area contributed by atoms with E-state index in [9.17, 15) is 13.2 Å². The van der Waals surface area contributed by atoms with E-state index < -0.39 is 10.0 Å². The quantitative estimate of drug-likeness (QED) is 0.426. The number of nitrogens with zero attached hydrogens (tertiary/aromatic N) is 1. The Morgan fingerprint density at radius 3 is 2.24 bits per heavy atom. The molecular weight excluding hydrogens is 470 g/mol. The van der Waals surface area contributed by atoms with Crippen molar-refractivity contribution >= 4 is 38.9 Å². The SMILES string of the molecule is CCCOc1ccc(C(=O)NC(=S)Nc2ccc(S(=O)(=O)N(C)Cc3ccccc3)cc2)cc1. The maximum absolute atomic E-state index is 12.9. The van der Waals surface area contributed by atoms with Crippen molar-refractivity contribution in [2.45, 2.75) is 24.8 Å². The molecule has 0 saturated heterocycles. The number of hydrogen-bond acceptors (Lipinski definition) is 5. The number of hydrogen-bond donors (Lipinski definition) is 2. The Morgan fingerprint density at radius 2 is 1.62 bits per heavy atom. The van der Waals surface area contributed by atoms with Crippen LogP contribution in [-0.2, 0) is 16.6 Å². The normalized spacial score (nSPS) is 11.1. The van der Waals surface area contributed by atoms with Crippen molar-refractivity contribution in [3.63, 3.8) is 0 Å². The monoisotopic (exact) mass is 497 g/mol. The number of anilines is 1. The number of ether oxygens (including phenoxy) is 1. The van der Waals surface area contributed by atoms with Crippen LogP contribution in [0.15, 0.2) is 83.8 Å². The number of carbonyl (C=O) groups is 1. The topological polar surface area (TPSA) is 87.7 Å². The highest BCUT2D eigenvalue weighted by Crippen LogP contribution is 2.19. The van der Waals surface area contributed by atoms with Gasteiger partial charge in [0.15, 0.2) is 5.11 Å². The van der Waals surface area contributed by atoms with E-state index in [0.717, 1.165) is 12.0 Å². The Morgan fingerprint density at radius 1 is 0.971 bits per heavy atom. The summed E-state index contributed by atoms with van der Waals surface area (Å²) >= 11 is 5.22. The first-order valence-corrected chi connectivity index (χ1v) is 12.6. The van der Waals surface area contributed by atoms with E-state index in [1.54, 1.807) is 43.4 Å². The Labute approximate surface area is 205 Å². The third kappa shape index (κ3) is 6.86. The van der Waals surface area contributed by atoms with E-state index >= 15 is 0 Å². The number of thiocarbonyl (C=S) groups is 1. The molecular formula is C25H27N3O4S2. The first kappa shape index (κ1) is 25.4. The van der Waals surface area contributed by atoms with Gasteiger partial charge < -0.3 is 10.1 Å². The summed E-state index contributed by atoms with van der Waals surface area (Å²) in [5.74, 6) is 0.338. The first-order chi connectivity index (χ1) is 16.3.